The zero-order chi connectivity index (χ0) is 17.3. The number of rotatable bonds is 3. The van der Waals surface area contributed by atoms with E-state index in [0.717, 1.165) is 0 Å². The van der Waals surface area contributed by atoms with Gasteiger partial charge >= 0.3 is 0 Å². The highest BCUT2D eigenvalue weighted by Crippen LogP contribution is 2.41. The maximum atomic E-state index is 12.0. The number of hydrogen-bond donors (Lipinski definition) is 1. The van der Waals surface area contributed by atoms with Gasteiger partial charge in [0.1, 0.15) is 22.4 Å². The molecule has 1 aliphatic heterocycles. The van der Waals surface area contributed by atoms with Crippen LogP contribution in [0.3, 0.4) is 0 Å². The number of Topliss-reactive ketones (excluding diaryl/α,β-unsaturated/α-hetero) is 1. The molecule has 0 saturated heterocycles. The second-order valence-electron chi connectivity index (χ2n) is 4.92. The molecule has 0 saturated carbocycles. The molecular formula is C15H12ClN3O4. The Hall–Kier alpha value is -2.85. The van der Waals surface area contributed by atoms with Gasteiger partial charge < -0.3 is 10.5 Å². The fraction of sp³-hybridized carbons (Fsp3) is 0.200. The van der Waals surface area contributed by atoms with Gasteiger partial charge in [0, 0.05) is 11.6 Å². The number of nitriles is 1. The van der Waals surface area contributed by atoms with Crippen molar-refractivity contribution < 1.29 is 14.5 Å². The fourth-order valence-corrected chi connectivity index (χ4v) is 2.70. The number of halogens is 1. The Balaban J connectivity index is 2.72. The van der Waals surface area contributed by atoms with Gasteiger partial charge in [0.25, 0.3) is 5.69 Å². The molecule has 7 nitrogen and oxygen atoms in total. The number of nitro groups is 1. The molecule has 2 N–H and O–H groups in total. The smallest absolute Gasteiger partial charge is 0.288 e. The van der Waals surface area contributed by atoms with Gasteiger partial charge in [-0.3, -0.25) is 14.9 Å². The Morgan fingerprint density at radius 1 is 1.52 bits per heavy atom. The van der Waals surface area contributed by atoms with Gasteiger partial charge in [0.05, 0.1) is 10.8 Å². The second-order valence-corrected chi connectivity index (χ2v) is 5.33. The van der Waals surface area contributed by atoms with E-state index in [1.807, 2.05) is 6.07 Å². The number of nitrogens with zero attached hydrogens (tertiary/aromatic N) is 2. The quantitative estimate of drug-likeness (QED) is 0.670. The molecule has 0 unspecified atom stereocenters. The lowest BCUT2D eigenvalue weighted by atomic mass is 9.81. The average molecular weight is 334 g/mol. The molecule has 1 aromatic carbocycles. The Labute approximate surface area is 136 Å². The molecule has 2 rings (SSSR count). The van der Waals surface area contributed by atoms with Crippen LogP contribution in [0.4, 0.5) is 5.69 Å². The third-order valence-corrected chi connectivity index (χ3v) is 3.80. The summed E-state index contributed by atoms with van der Waals surface area (Å²) in [7, 11) is 0. The Morgan fingerprint density at radius 2 is 2.17 bits per heavy atom. The van der Waals surface area contributed by atoms with Crippen molar-refractivity contribution in [2.24, 2.45) is 5.73 Å². The number of nitro benzene ring substituents is 1. The normalized spacial score (nSPS) is 17.6. The van der Waals surface area contributed by atoms with Gasteiger partial charge in [0.2, 0.25) is 5.88 Å². The van der Waals surface area contributed by atoms with Gasteiger partial charge in [-0.05, 0) is 25.5 Å². The molecule has 0 bridgehead atoms. The van der Waals surface area contributed by atoms with Crippen molar-refractivity contribution in [1.82, 2.24) is 0 Å². The maximum absolute atomic E-state index is 12.0. The van der Waals surface area contributed by atoms with Crippen LogP contribution in [-0.2, 0) is 9.53 Å². The van der Waals surface area contributed by atoms with E-state index in [1.54, 1.807) is 6.92 Å². The van der Waals surface area contributed by atoms with E-state index in [4.69, 9.17) is 22.1 Å². The number of nitrogens with two attached hydrogens (primary N) is 1. The van der Waals surface area contributed by atoms with E-state index in [2.05, 4.69) is 0 Å². The van der Waals surface area contributed by atoms with Crippen molar-refractivity contribution in [3.63, 3.8) is 0 Å². The van der Waals surface area contributed by atoms with E-state index in [-0.39, 0.29) is 39.3 Å². The van der Waals surface area contributed by atoms with Gasteiger partial charge in [0.15, 0.2) is 5.78 Å². The standard InChI is InChI=1S/C15H12ClN3O4/c1-7(20)13-8(2)23-15(18)10(6-17)14(13)9-3-4-11(16)12(5-9)19(21)22/h3-5,14H,18H2,1-2H3/t14-/m0/s1. The summed E-state index contributed by atoms with van der Waals surface area (Å²) >= 11 is 5.81. The van der Waals surface area contributed by atoms with Gasteiger partial charge in [-0.25, -0.2) is 0 Å². The molecule has 0 aliphatic carbocycles. The first kappa shape index (κ1) is 16.5. The van der Waals surface area contributed by atoms with Crippen LogP contribution in [0.25, 0.3) is 0 Å². The Bertz CT molecular complexity index is 821. The SMILES string of the molecule is CC(=O)C1=C(C)OC(N)=C(C#N)[C@@H]1c1ccc(Cl)c([N+](=O)[O-])c1. The molecule has 0 radical (unpaired) electrons. The summed E-state index contributed by atoms with van der Waals surface area (Å²) in [4.78, 5) is 22.4. The van der Waals surface area contributed by atoms with Gasteiger partial charge in [-0.2, -0.15) is 5.26 Å². The van der Waals surface area contributed by atoms with Crippen LogP contribution in [0.5, 0.6) is 0 Å². The summed E-state index contributed by atoms with van der Waals surface area (Å²) in [5.41, 5.74) is 6.04. The molecule has 1 aliphatic rings. The Morgan fingerprint density at radius 3 is 2.70 bits per heavy atom. The van der Waals surface area contributed by atoms with E-state index in [0.29, 0.717) is 5.56 Å². The van der Waals surface area contributed by atoms with Gasteiger partial charge in [-0.1, -0.05) is 17.7 Å². The number of benzene rings is 1. The summed E-state index contributed by atoms with van der Waals surface area (Å²) in [6.07, 6.45) is 0. The Kier molecular flexibility index (Phi) is 4.38. The highest BCUT2D eigenvalue weighted by molar-refractivity contribution is 6.32. The minimum atomic E-state index is -0.831. The predicted molar refractivity (Wildman–Crippen MR) is 82.1 cm³/mol. The van der Waals surface area contributed by atoms with E-state index >= 15 is 0 Å². The molecule has 0 amide bonds. The minimum Gasteiger partial charge on any atom is -0.445 e. The van der Waals surface area contributed by atoms with Crippen LogP contribution in [-0.4, -0.2) is 10.7 Å². The molecule has 1 heterocycles. The summed E-state index contributed by atoms with van der Waals surface area (Å²) in [5.74, 6) is -1.01. The van der Waals surface area contributed by atoms with Crippen LogP contribution in [0.1, 0.15) is 25.3 Å². The van der Waals surface area contributed by atoms with Crippen LogP contribution in [0.2, 0.25) is 5.02 Å². The van der Waals surface area contributed by atoms with Crippen molar-refractivity contribution in [3.8, 4) is 6.07 Å². The first-order valence-corrected chi connectivity index (χ1v) is 6.88. The van der Waals surface area contributed by atoms with Crippen LogP contribution in [0, 0.1) is 21.4 Å². The molecule has 0 fully saturated rings. The summed E-state index contributed by atoms with van der Waals surface area (Å²) < 4.78 is 5.25. The monoisotopic (exact) mass is 333 g/mol. The average Bonchev–Trinajstić information content (AvgIpc) is 2.46. The number of carbonyl (C=O) groups excluding carboxylic acids is 1. The molecule has 1 atom stereocenters. The maximum Gasteiger partial charge on any atom is 0.288 e. The van der Waals surface area contributed by atoms with Crippen LogP contribution in [0.15, 0.2) is 41.0 Å². The lowest BCUT2D eigenvalue weighted by Gasteiger charge is -2.26. The number of ether oxygens (including phenoxy) is 1. The molecule has 8 heteroatoms. The zero-order valence-corrected chi connectivity index (χ0v) is 13.0. The number of hydrogen-bond acceptors (Lipinski definition) is 6. The van der Waals surface area contributed by atoms with Crippen molar-refractivity contribution in [2.45, 2.75) is 19.8 Å². The summed E-state index contributed by atoms with van der Waals surface area (Å²) in [6, 6.07) is 6.02. The summed E-state index contributed by atoms with van der Waals surface area (Å²) in [5, 5.41) is 20.4. The van der Waals surface area contributed by atoms with Crippen LogP contribution >= 0.6 is 11.6 Å². The third-order valence-electron chi connectivity index (χ3n) is 3.49. The molecular weight excluding hydrogens is 322 g/mol. The van der Waals surface area contributed by atoms with Crippen LogP contribution < -0.4 is 5.73 Å². The number of carbonyl (C=O) groups is 1. The third kappa shape index (κ3) is 2.89. The minimum absolute atomic E-state index is 0.0254. The molecule has 0 spiro atoms. The highest BCUT2D eigenvalue weighted by Gasteiger charge is 2.34. The lowest BCUT2D eigenvalue weighted by Crippen LogP contribution is -2.23. The van der Waals surface area contributed by atoms with E-state index < -0.39 is 10.8 Å². The number of allylic oxidation sites excluding steroid dienone is 3. The van der Waals surface area contributed by atoms with Gasteiger partial charge in [-0.15, -0.1) is 0 Å². The second kappa shape index (κ2) is 6.10. The summed E-state index contributed by atoms with van der Waals surface area (Å²) in [6.45, 7) is 2.88. The largest absolute Gasteiger partial charge is 0.445 e. The topological polar surface area (TPSA) is 119 Å². The molecule has 1 aromatic rings. The molecule has 118 valence electrons. The fourth-order valence-electron chi connectivity index (χ4n) is 2.52. The van der Waals surface area contributed by atoms with Crippen molar-refractivity contribution in [3.05, 3.63) is 61.7 Å². The first-order valence-electron chi connectivity index (χ1n) is 6.51. The zero-order valence-electron chi connectivity index (χ0n) is 12.3. The number of ketones is 1. The molecule has 0 aromatic heterocycles. The highest BCUT2D eigenvalue weighted by atomic mass is 35.5. The molecule has 23 heavy (non-hydrogen) atoms. The van der Waals surface area contributed by atoms with Crippen molar-refractivity contribution >= 4 is 23.1 Å². The predicted octanol–water partition coefficient (Wildman–Crippen LogP) is 2.92. The first-order chi connectivity index (χ1) is 10.8. The van der Waals surface area contributed by atoms with Crippen molar-refractivity contribution in [1.29, 1.82) is 5.26 Å². The lowest BCUT2D eigenvalue weighted by molar-refractivity contribution is -0.384. The van der Waals surface area contributed by atoms with E-state index in [1.165, 1.54) is 25.1 Å². The van der Waals surface area contributed by atoms with Crippen molar-refractivity contribution in [2.75, 3.05) is 0 Å². The van der Waals surface area contributed by atoms with E-state index in [9.17, 15) is 20.2 Å².